The van der Waals surface area contributed by atoms with E-state index in [1.54, 1.807) is 0 Å². The number of rotatable bonds is 4. The molecule has 0 saturated carbocycles. The van der Waals surface area contributed by atoms with Gasteiger partial charge in [0.2, 0.25) is 5.91 Å². The van der Waals surface area contributed by atoms with Gasteiger partial charge in [-0.15, -0.1) is 11.6 Å². The third-order valence-corrected chi connectivity index (χ3v) is 3.63. The number of alkyl halides is 1. The van der Waals surface area contributed by atoms with E-state index in [1.165, 1.54) is 23.1 Å². The van der Waals surface area contributed by atoms with Crippen LogP contribution in [0.4, 0.5) is 5.69 Å². The van der Waals surface area contributed by atoms with E-state index in [4.69, 9.17) is 11.6 Å². The lowest BCUT2D eigenvalue weighted by Crippen LogP contribution is -2.28. The van der Waals surface area contributed by atoms with Gasteiger partial charge in [-0.3, -0.25) is 4.79 Å². The van der Waals surface area contributed by atoms with Gasteiger partial charge in [-0.25, -0.2) is 9.59 Å². The number of hydrogen-bond acceptors (Lipinski definition) is 3. The molecule has 20 heavy (non-hydrogen) atoms. The first-order valence-electron chi connectivity index (χ1n) is 5.91. The summed E-state index contributed by atoms with van der Waals surface area (Å²) >= 11 is 5.72. The van der Waals surface area contributed by atoms with Gasteiger partial charge >= 0.3 is 11.9 Å². The van der Waals surface area contributed by atoms with Gasteiger partial charge in [0.15, 0.2) is 0 Å². The average Bonchev–Trinajstić information content (AvgIpc) is 2.78. The number of carboxylic acid groups (broad SMARTS) is 2. The van der Waals surface area contributed by atoms with E-state index < -0.39 is 11.9 Å². The summed E-state index contributed by atoms with van der Waals surface area (Å²) < 4.78 is 0. The summed E-state index contributed by atoms with van der Waals surface area (Å²) in [5.41, 5.74) is -0.466. The zero-order valence-corrected chi connectivity index (χ0v) is 11.1. The van der Waals surface area contributed by atoms with Crippen molar-refractivity contribution >= 4 is 35.1 Å². The van der Waals surface area contributed by atoms with Crippen molar-refractivity contribution < 1.29 is 24.6 Å². The highest BCUT2D eigenvalue weighted by Gasteiger charge is 2.34. The van der Waals surface area contributed by atoms with E-state index in [0.29, 0.717) is 0 Å². The largest absolute Gasteiger partial charge is 0.478 e. The monoisotopic (exact) mass is 297 g/mol. The van der Waals surface area contributed by atoms with Crippen molar-refractivity contribution in [3.05, 3.63) is 29.3 Å². The molecule has 0 aromatic heterocycles. The van der Waals surface area contributed by atoms with Crippen molar-refractivity contribution in [2.24, 2.45) is 5.92 Å². The molecule has 0 spiro atoms. The topological polar surface area (TPSA) is 94.9 Å². The van der Waals surface area contributed by atoms with Crippen LogP contribution in [0.2, 0.25) is 0 Å². The van der Waals surface area contributed by atoms with E-state index >= 15 is 0 Å². The van der Waals surface area contributed by atoms with Crippen molar-refractivity contribution in [3.8, 4) is 0 Å². The molecule has 1 heterocycles. The average molecular weight is 298 g/mol. The number of para-hydroxylation sites is 1. The minimum atomic E-state index is -1.27. The molecule has 0 radical (unpaired) electrons. The summed E-state index contributed by atoms with van der Waals surface area (Å²) in [6.07, 6.45) is 0.191. The number of anilines is 1. The predicted octanol–water partition coefficient (Wildman–Crippen LogP) is 1.67. The maximum absolute atomic E-state index is 12.0. The van der Waals surface area contributed by atoms with E-state index in [2.05, 4.69) is 0 Å². The Bertz CT molecular complexity index is 554. The zero-order chi connectivity index (χ0) is 14.9. The number of hydrogen-bond donors (Lipinski definition) is 2. The second-order valence-electron chi connectivity index (χ2n) is 4.54. The van der Waals surface area contributed by atoms with Crippen molar-refractivity contribution in [1.82, 2.24) is 0 Å². The molecule has 1 unspecified atom stereocenters. The lowest BCUT2D eigenvalue weighted by atomic mass is 10.1. The number of benzene rings is 1. The summed E-state index contributed by atoms with van der Waals surface area (Å²) in [6.45, 7) is 0.229. The van der Waals surface area contributed by atoms with E-state index in [-0.39, 0.29) is 47.5 Å². The maximum Gasteiger partial charge on any atom is 0.337 e. The highest BCUT2D eigenvalue weighted by atomic mass is 35.5. The summed E-state index contributed by atoms with van der Waals surface area (Å²) in [5.74, 6) is -2.70. The molecular formula is C13H12ClNO5. The van der Waals surface area contributed by atoms with Gasteiger partial charge in [0.1, 0.15) is 0 Å². The molecule has 1 aliphatic heterocycles. The molecule has 1 aromatic rings. The Balaban J connectivity index is 2.56. The van der Waals surface area contributed by atoms with Crippen LogP contribution in [-0.4, -0.2) is 40.5 Å². The van der Waals surface area contributed by atoms with Crippen LogP contribution in [0.5, 0.6) is 0 Å². The fourth-order valence-electron chi connectivity index (χ4n) is 2.28. The molecule has 106 valence electrons. The second kappa shape index (κ2) is 5.50. The van der Waals surface area contributed by atoms with Crippen LogP contribution in [0, 0.1) is 5.92 Å². The number of carbonyl (C=O) groups excluding carboxylic acids is 1. The fourth-order valence-corrected chi connectivity index (χ4v) is 2.49. The smallest absolute Gasteiger partial charge is 0.337 e. The van der Waals surface area contributed by atoms with E-state index in [0.717, 1.165) is 0 Å². The van der Waals surface area contributed by atoms with Crippen molar-refractivity contribution in [1.29, 1.82) is 0 Å². The SMILES string of the molecule is O=C(O)c1cccc(C(=O)O)c1N1CC(CCl)CC1=O. The predicted molar refractivity (Wildman–Crippen MR) is 71.5 cm³/mol. The van der Waals surface area contributed by atoms with Gasteiger partial charge < -0.3 is 15.1 Å². The Labute approximate surface area is 119 Å². The molecule has 1 fully saturated rings. The van der Waals surface area contributed by atoms with Crippen molar-refractivity contribution in [2.45, 2.75) is 6.42 Å². The summed E-state index contributed by atoms with van der Waals surface area (Å²) in [4.78, 5) is 35.7. The van der Waals surface area contributed by atoms with Gasteiger partial charge in [0.05, 0.1) is 16.8 Å². The third kappa shape index (κ3) is 2.46. The Hall–Kier alpha value is -2.08. The number of nitrogens with zero attached hydrogens (tertiary/aromatic N) is 1. The Kier molecular flexibility index (Phi) is 3.94. The quantitative estimate of drug-likeness (QED) is 0.824. The van der Waals surface area contributed by atoms with Crippen LogP contribution < -0.4 is 4.90 Å². The van der Waals surface area contributed by atoms with Gasteiger partial charge in [-0.2, -0.15) is 0 Å². The molecule has 0 bridgehead atoms. The fraction of sp³-hybridized carbons (Fsp3) is 0.308. The lowest BCUT2D eigenvalue weighted by Gasteiger charge is -2.20. The molecular weight excluding hydrogens is 286 g/mol. The zero-order valence-electron chi connectivity index (χ0n) is 10.4. The summed E-state index contributed by atoms with van der Waals surface area (Å²) in [6, 6.07) is 3.91. The minimum absolute atomic E-state index is 0.0647. The molecule has 2 N–H and O–H groups in total. The van der Waals surface area contributed by atoms with Crippen LogP contribution in [0.3, 0.4) is 0 Å². The molecule has 1 aromatic carbocycles. The van der Waals surface area contributed by atoms with Gasteiger partial charge in [-0.05, 0) is 18.1 Å². The molecule has 1 amide bonds. The van der Waals surface area contributed by atoms with Crippen molar-refractivity contribution in [3.63, 3.8) is 0 Å². The molecule has 1 atom stereocenters. The molecule has 1 saturated heterocycles. The summed E-state index contributed by atoms with van der Waals surface area (Å²) in [5, 5.41) is 18.4. The van der Waals surface area contributed by atoms with E-state index in [9.17, 15) is 24.6 Å². The summed E-state index contributed by atoms with van der Waals surface area (Å²) in [7, 11) is 0. The number of halogens is 1. The van der Waals surface area contributed by atoms with Crippen LogP contribution in [0.15, 0.2) is 18.2 Å². The first kappa shape index (κ1) is 14.3. The lowest BCUT2D eigenvalue weighted by molar-refractivity contribution is -0.117. The molecule has 2 rings (SSSR count). The van der Waals surface area contributed by atoms with E-state index in [1.807, 2.05) is 0 Å². The van der Waals surface area contributed by atoms with Crippen LogP contribution in [-0.2, 0) is 4.79 Å². The van der Waals surface area contributed by atoms with Crippen LogP contribution >= 0.6 is 11.6 Å². The van der Waals surface area contributed by atoms with Gasteiger partial charge in [0, 0.05) is 18.8 Å². The molecule has 1 aliphatic rings. The second-order valence-corrected chi connectivity index (χ2v) is 4.85. The first-order chi connectivity index (χ1) is 9.45. The molecule has 6 nitrogen and oxygen atoms in total. The van der Waals surface area contributed by atoms with Crippen molar-refractivity contribution in [2.75, 3.05) is 17.3 Å². The maximum atomic E-state index is 12.0. The first-order valence-corrected chi connectivity index (χ1v) is 6.45. The Morgan fingerprint density at radius 1 is 1.25 bits per heavy atom. The minimum Gasteiger partial charge on any atom is -0.478 e. The van der Waals surface area contributed by atoms with Gasteiger partial charge in [0.25, 0.3) is 0 Å². The number of carboxylic acids is 2. The number of aromatic carboxylic acids is 2. The third-order valence-electron chi connectivity index (χ3n) is 3.19. The molecule has 7 heteroatoms. The Morgan fingerprint density at radius 2 is 1.80 bits per heavy atom. The Morgan fingerprint density at radius 3 is 2.20 bits per heavy atom. The number of carbonyl (C=O) groups is 3. The molecule has 0 aliphatic carbocycles. The highest BCUT2D eigenvalue weighted by molar-refractivity contribution is 6.18. The van der Waals surface area contributed by atoms with Gasteiger partial charge in [-0.1, -0.05) is 6.07 Å². The van der Waals surface area contributed by atoms with Crippen LogP contribution in [0.25, 0.3) is 0 Å². The normalized spacial score (nSPS) is 18.4. The number of amides is 1. The highest BCUT2D eigenvalue weighted by Crippen LogP contribution is 2.32. The standard InChI is InChI=1S/C13H12ClNO5/c14-5-7-4-10(16)15(6-7)11-8(12(17)18)2-1-3-9(11)13(19)20/h1-3,7H,4-6H2,(H,17,18)(H,19,20). The van der Waals surface area contributed by atoms with Crippen LogP contribution in [0.1, 0.15) is 27.1 Å².